The Hall–Kier alpha value is -3.92. The summed E-state index contributed by atoms with van der Waals surface area (Å²) in [4.78, 5) is 0. The van der Waals surface area contributed by atoms with Crippen molar-refractivity contribution in [3.63, 3.8) is 0 Å². The molecular formula is C101H169B5O15. The Morgan fingerprint density at radius 1 is 0.380 bits per heavy atom. The van der Waals surface area contributed by atoms with Crippen molar-refractivity contribution in [3.8, 4) is 0 Å². The summed E-state index contributed by atoms with van der Waals surface area (Å²) in [5, 5.41) is 56.1. The van der Waals surface area contributed by atoms with E-state index < -0.39 is 49.9 Å². The Balaban J connectivity index is 0.000000236. The smallest absolute Gasteiger partial charge is 0.400 e. The quantitative estimate of drug-likeness (QED) is 0.0272. The number of hydrogen-bond acceptors (Lipinski definition) is 15. The van der Waals surface area contributed by atoms with Crippen LogP contribution in [0.4, 0.5) is 0 Å². The molecule has 678 valence electrons. The van der Waals surface area contributed by atoms with Crippen LogP contribution in [0.25, 0.3) is 0 Å². The molecule has 0 amide bonds. The van der Waals surface area contributed by atoms with Crippen LogP contribution in [0.1, 0.15) is 403 Å². The number of fused-ring (bicyclic) bond motifs is 1. The summed E-state index contributed by atoms with van der Waals surface area (Å²) in [6.45, 7) is 60.1. The van der Waals surface area contributed by atoms with E-state index in [4.69, 9.17) is 46.5 Å². The average Bonchev–Trinajstić information content (AvgIpc) is 1.41. The van der Waals surface area contributed by atoms with Crippen LogP contribution < -0.4 is 0 Å². The Labute approximate surface area is 739 Å². The van der Waals surface area contributed by atoms with E-state index in [0.717, 1.165) is 173 Å². The molecule has 10 rings (SSSR count). The van der Waals surface area contributed by atoms with E-state index in [1.54, 1.807) is 0 Å². The van der Waals surface area contributed by atoms with Crippen molar-refractivity contribution in [2.75, 3.05) is 0 Å². The Bertz CT molecular complexity index is 3700. The summed E-state index contributed by atoms with van der Waals surface area (Å²) >= 11 is 0. The first-order chi connectivity index (χ1) is 56.3. The normalized spacial score (nSPS) is 24.0. The van der Waals surface area contributed by atoms with Crippen molar-refractivity contribution in [1.82, 2.24) is 0 Å². The zero-order valence-electron chi connectivity index (χ0n) is 81.6. The van der Waals surface area contributed by atoms with Gasteiger partial charge in [-0.15, -0.1) is 0 Å². The molecule has 20 heteroatoms. The van der Waals surface area contributed by atoms with Crippen molar-refractivity contribution in [3.05, 3.63) is 165 Å². The van der Waals surface area contributed by atoms with Crippen molar-refractivity contribution in [2.24, 2.45) is 5.92 Å². The molecule has 15 nitrogen and oxygen atoms in total. The fraction of sp³-hybridized carbons (Fsp3) is 0.723. The van der Waals surface area contributed by atoms with Crippen molar-refractivity contribution >= 4 is 35.6 Å². The van der Waals surface area contributed by atoms with Gasteiger partial charge in [-0.1, -0.05) is 260 Å². The lowest BCUT2D eigenvalue weighted by Gasteiger charge is -2.37. The predicted molar refractivity (Wildman–Crippen MR) is 506 cm³/mol. The minimum atomic E-state index is -0.922. The standard InChI is InChI=1S/C26H41BO3.C21H31BO3.C19H37BO3.C18H27BO3.C17H33BO3/c1-6-7-8-9-10-12-17-23(20-27-29-24(2,3)25(4,5)30-27)26(28,22-18-19-22)21-15-13-11-14-16-21;1-6-10-17(15-22-24-19(2,3)20(4,5)25-22)21(23)14-9-12-16-11-7-8-13-18(16)21;1-8-10-11-12-14-19(7,21)16(13-9-2)15-20-22-17(3,4)18(5,6)23-20;1-6-10-15(16(20)14-11-8-7-9-12-14)13-19-21-17(2,3)18(4,5)22-19;1-8-10-12-17(7,19)14(11-9-2)13-18-20-15(3,4)16(5,6)21-18/h11,13-16,20,22,28H,6-10,12,17-19H2,1-5H3;7-8,11,13,15,23H,6,9-10,12,14H2,1-5H3;15,21H,8-14H2,1-7H3;7-9,11-13,16,20H,6,10H2,1-5H3;13,19H,8-12H2,1-7H3/b23-20+;17-15+;16-15+;15-13+;14-13+. The number of aliphatic hydroxyl groups is 5. The molecule has 5 atom stereocenters. The molecule has 5 aliphatic heterocycles. The lowest BCUT2D eigenvalue weighted by Crippen LogP contribution is -2.41. The van der Waals surface area contributed by atoms with Gasteiger partial charge in [-0.3, -0.25) is 0 Å². The van der Waals surface area contributed by atoms with Crippen molar-refractivity contribution in [1.29, 1.82) is 0 Å². The molecule has 0 aromatic heterocycles. The second-order valence-corrected chi connectivity index (χ2v) is 41.2. The maximum Gasteiger partial charge on any atom is 0.487 e. The molecular weight excluding hydrogens is 1510 g/mol. The summed E-state index contributed by atoms with van der Waals surface area (Å²) in [6.07, 6.45) is 28.4. The van der Waals surface area contributed by atoms with Gasteiger partial charge in [0.05, 0.1) is 73.3 Å². The van der Waals surface area contributed by atoms with Crippen LogP contribution in [-0.2, 0) is 64.2 Å². The van der Waals surface area contributed by atoms with E-state index in [9.17, 15) is 25.5 Å². The van der Waals surface area contributed by atoms with Crippen LogP contribution in [0.15, 0.2) is 143 Å². The number of aliphatic hydroxyl groups excluding tert-OH is 1. The number of unbranched alkanes of at least 4 members (excludes halogenated alkanes) is 9. The summed E-state index contributed by atoms with van der Waals surface area (Å²) in [5.41, 5.74) is 2.47. The third-order valence-electron chi connectivity index (χ3n) is 28.2. The van der Waals surface area contributed by atoms with Gasteiger partial charge in [-0.2, -0.15) is 0 Å². The molecule has 3 aromatic rings. The van der Waals surface area contributed by atoms with E-state index in [2.05, 4.69) is 196 Å². The molecule has 1 saturated carbocycles. The number of rotatable bonds is 36. The van der Waals surface area contributed by atoms with Crippen molar-refractivity contribution < 1.29 is 72.1 Å². The maximum absolute atomic E-state index is 12.1. The lowest BCUT2D eigenvalue weighted by molar-refractivity contribution is 0.00578. The van der Waals surface area contributed by atoms with E-state index >= 15 is 0 Å². The van der Waals surface area contributed by atoms with Gasteiger partial charge in [0.15, 0.2) is 0 Å². The molecule has 5 saturated heterocycles. The van der Waals surface area contributed by atoms with Gasteiger partial charge < -0.3 is 72.1 Å². The lowest BCUT2D eigenvalue weighted by atomic mass is 9.70. The monoisotopic (exact) mass is 1680 g/mol. The van der Waals surface area contributed by atoms with Gasteiger partial charge in [0.2, 0.25) is 0 Å². The Morgan fingerprint density at radius 2 is 0.719 bits per heavy atom. The van der Waals surface area contributed by atoms with E-state index in [1.165, 1.54) is 56.9 Å². The molecule has 0 radical (unpaired) electrons. The highest BCUT2D eigenvalue weighted by molar-refractivity contribution is 6.53. The first-order valence-corrected chi connectivity index (χ1v) is 47.4. The van der Waals surface area contributed by atoms with Gasteiger partial charge in [0, 0.05) is 0 Å². The number of aryl methyl sites for hydroxylation is 1. The second-order valence-electron chi connectivity index (χ2n) is 41.2. The highest BCUT2D eigenvalue weighted by atomic mass is 16.7. The fourth-order valence-corrected chi connectivity index (χ4v) is 16.6. The minimum absolute atomic E-state index is 0.286. The summed E-state index contributed by atoms with van der Waals surface area (Å²) < 4.78 is 61.1. The first-order valence-electron chi connectivity index (χ1n) is 47.4. The summed E-state index contributed by atoms with van der Waals surface area (Å²) in [7, 11) is -1.98. The third kappa shape index (κ3) is 28.5. The van der Waals surface area contributed by atoms with Crippen molar-refractivity contribution in [2.45, 2.75) is 465 Å². The number of benzene rings is 3. The molecule has 121 heavy (non-hydrogen) atoms. The Morgan fingerprint density at radius 3 is 1.12 bits per heavy atom. The average molecular weight is 1680 g/mol. The molecule has 5 unspecified atom stereocenters. The molecule has 7 aliphatic rings. The highest BCUT2D eigenvalue weighted by Gasteiger charge is 2.57. The van der Waals surface area contributed by atoms with Crippen LogP contribution in [0.3, 0.4) is 0 Å². The van der Waals surface area contributed by atoms with Gasteiger partial charge >= 0.3 is 35.6 Å². The zero-order valence-corrected chi connectivity index (χ0v) is 81.6. The van der Waals surface area contributed by atoms with Crippen LogP contribution in [0, 0.1) is 5.92 Å². The van der Waals surface area contributed by atoms with E-state index in [0.29, 0.717) is 0 Å². The van der Waals surface area contributed by atoms with Crippen LogP contribution in [0.5, 0.6) is 0 Å². The SMILES string of the molecule is CCC/C(=C\B1OC(C)(C)C(C)(C)O1)C(O)c1ccccc1.CCC/C(=C\B1OC(C)(C)C(C)(C)O1)C1(O)CCCc2ccccc21.CCCCC(C)(O)/C(=C/B1OC(C)(C)C(C)(C)O1)CCC.CCCCCCC(C)(O)/C(=C/B1OC(C)(C)C(C)(C)O1)CCC.CCCCCCCC/C(=C\B1OC(C)(C)C(C)(C)O1)C(O)(c1ccccc1)C1CC1. The topological polar surface area (TPSA) is 193 Å². The summed E-state index contributed by atoms with van der Waals surface area (Å²) in [6, 6.07) is 28.2. The van der Waals surface area contributed by atoms with Crippen LogP contribution in [-0.4, -0.2) is 128 Å². The minimum Gasteiger partial charge on any atom is -0.400 e. The van der Waals surface area contributed by atoms with Crippen LogP contribution in [0.2, 0.25) is 0 Å². The molecule has 6 fully saturated rings. The molecule has 2 aliphatic carbocycles. The second kappa shape index (κ2) is 44.9. The molecule has 3 aromatic carbocycles. The molecule has 0 bridgehead atoms. The largest absolute Gasteiger partial charge is 0.487 e. The van der Waals surface area contributed by atoms with E-state index in [1.807, 2.05) is 120 Å². The van der Waals surface area contributed by atoms with Gasteiger partial charge in [0.25, 0.3) is 0 Å². The maximum atomic E-state index is 12.1. The third-order valence-corrected chi connectivity index (χ3v) is 28.2. The highest BCUT2D eigenvalue weighted by Crippen LogP contribution is 2.53. The van der Waals surface area contributed by atoms with Gasteiger partial charge in [-0.05, 0) is 292 Å². The Kier molecular flexibility index (Phi) is 39.3. The zero-order chi connectivity index (χ0) is 90.5. The van der Waals surface area contributed by atoms with Gasteiger partial charge in [0.1, 0.15) is 11.2 Å². The first kappa shape index (κ1) is 106. The molecule has 5 N–H and O–H groups in total. The fourth-order valence-electron chi connectivity index (χ4n) is 16.6. The molecule has 0 spiro atoms. The van der Waals surface area contributed by atoms with E-state index in [-0.39, 0.29) is 76.2 Å². The van der Waals surface area contributed by atoms with Crippen LogP contribution >= 0.6 is 0 Å². The van der Waals surface area contributed by atoms with Gasteiger partial charge in [-0.25, -0.2) is 0 Å². The summed E-state index contributed by atoms with van der Waals surface area (Å²) in [5.74, 6) is 10.4. The predicted octanol–water partition coefficient (Wildman–Crippen LogP) is 24.6. The molecule has 5 heterocycles. The number of hydrogen-bond donors (Lipinski definition) is 5.